The molecule has 7 nitrogen and oxygen atoms in total. The van der Waals surface area contributed by atoms with Gasteiger partial charge in [-0.15, -0.1) is 0 Å². The van der Waals surface area contributed by atoms with Gasteiger partial charge in [0.25, 0.3) is 5.91 Å². The van der Waals surface area contributed by atoms with Crippen molar-refractivity contribution in [2.75, 3.05) is 17.7 Å². The summed E-state index contributed by atoms with van der Waals surface area (Å²) >= 11 is 0. The Morgan fingerprint density at radius 1 is 1.26 bits per heavy atom. The number of hydrogen-bond acceptors (Lipinski definition) is 5. The summed E-state index contributed by atoms with van der Waals surface area (Å²) in [7, 11) is -3.40. The Labute approximate surface area is 134 Å². The van der Waals surface area contributed by atoms with Gasteiger partial charge in [0.2, 0.25) is 15.0 Å². The highest BCUT2D eigenvalue weighted by atomic mass is 32.2. The summed E-state index contributed by atoms with van der Waals surface area (Å²) in [6.45, 7) is 2.36. The molecule has 2 aromatic rings. The van der Waals surface area contributed by atoms with Crippen LogP contribution in [0.3, 0.4) is 0 Å². The third-order valence-corrected chi connectivity index (χ3v) is 4.65. The van der Waals surface area contributed by atoms with Gasteiger partial charge in [0, 0.05) is 31.7 Å². The smallest absolute Gasteiger partial charge is 0.267 e. The Hall–Kier alpha value is -2.35. The first-order valence-corrected chi connectivity index (χ1v) is 9.05. The molecule has 1 aromatic heterocycles. The topological polar surface area (TPSA) is 81.5 Å². The number of para-hydroxylation sites is 2. The van der Waals surface area contributed by atoms with Crippen LogP contribution in [0.4, 0.5) is 5.69 Å². The Kier molecular flexibility index (Phi) is 3.85. The first-order chi connectivity index (χ1) is 10.9. The minimum atomic E-state index is -3.40. The predicted molar refractivity (Wildman–Crippen MR) is 84.2 cm³/mol. The van der Waals surface area contributed by atoms with E-state index in [1.165, 1.54) is 10.8 Å². The van der Waals surface area contributed by atoms with Gasteiger partial charge in [0.05, 0.1) is 5.69 Å². The van der Waals surface area contributed by atoms with Crippen LogP contribution in [-0.2, 0) is 21.2 Å². The molecule has 1 unspecified atom stereocenters. The molecule has 0 spiro atoms. The first-order valence-electron chi connectivity index (χ1n) is 7.16. The first kappa shape index (κ1) is 15.5. The summed E-state index contributed by atoms with van der Waals surface area (Å²) in [5, 5.41) is -0.000424. The number of sulfone groups is 1. The van der Waals surface area contributed by atoms with Gasteiger partial charge in [0.1, 0.15) is 5.75 Å². The van der Waals surface area contributed by atoms with Crippen molar-refractivity contribution in [2.45, 2.75) is 24.7 Å². The van der Waals surface area contributed by atoms with Crippen LogP contribution in [0, 0.1) is 0 Å². The van der Waals surface area contributed by atoms with E-state index in [9.17, 15) is 13.2 Å². The van der Waals surface area contributed by atoms with Gasteiger partial charge in [0.15, 0.2) is 6.10 Å². The predicted octanol–water partition coefficient (Wildman–Crippen LogP) is 1.10. The quantitative estimate of drug-likeness (QED) is 0.836. The van der Waals surface area contributed by atoms with E-state index in [-0.39, 0.29) is 11.1 Å². The number of ether oxygens (including phenoxy) is 1. The van der Waals surface area contributed by atoms with Crippen LogP contribution in [0.15, 0.2) is 41.8 Å². The number of imidazole rings is 1. The standard InChI is InChI=1S/C15H17N3O4S/c1-11-14(19)18(12-5-3-4-6-13(12)22-11)10-9-17-8-7-16-15(17)23(2,20)21/h3-8,11H,9-10H2,1-2H3. The molecule has 0 fully saturated rings. The van der Waals surface area contributed by atoms with Crippen molar-refractivity contribution >= 4 is 21.4 Å². The van der Waals surface area contributed by atoms with Crippen LogP contribution in [0.25, 0.3) is 0 Å². The van der Waals surface area contributed by atoms with E-state index in [1.807, 2.05) is 24.3 Å². The summed E-state index contributed by atoms with van der Waals surface area (Å²) in [4.78, 5) is 17.9. The van der Waals surface area contributed by atoms with Crippen molar-refractivity contribution in [3.8, 4) is 5.75 Å². The molecule has 8 heteroatoms. The number of nitrogens with zero attached hydrogens (tertiary/aromatic N) is 3. The fourth-order valence-corrected chi connectivity index (χ4v) is 3.42. The van der Waals surface area contributed by atoms with Gasteiger partial charge in [-0.1, -0.05) is 12.1 Å². The van der Waals surface area contributed by atoms with Crippen molar-refractivity contribution in [1.82, 2.24) is 9.55 Å². The molecule has 122 valence electrons. The molecule has 1 amide bonds. The minimum absolute atomic E-state index is 0.000424. The van der Waals surface area contributed by atoms with E-state index >= 15 is 0 Å². The second-order valence-corrected chi connectivity index (χ2v) is 7.30. The lowest BCUT2D eigenvalue weighted by molar-refractivity contribution is -0.125. The normalized spacial score (nSPS) is 17.7. The molecule has 1 aliphatic heterocycles. The lowest BCUT2D eigenvalue weighted by Crippen LogP contribution is -2.45. The molecule has 1 aromatic carbocycles. The number of amides is 1. The Balaban J connectivity index is 1.86. The average molecular weight is 335 g/mol. The molecule has 0 saturated heterocycles. The maximum absolute atomic E-state index is 12.4. The molecule has 0 bridgehead atoms. The van der Waals surface area contributed by atoms with Crippen molar-refractivity contribution in [3.63, 3.8) is 0 Å². The zero-order valence-corrected chi connectivity index (χ0v) is 13.7. The SMILES string of the molecule is CC1Oc2ccccc2N(CCn2ccnc2S(C)(=O)=O)C1=O. The summed E-state index contributed by atoms with van der Waals surface area (Å²) in [6, 6.07) is 7.30. The number of carbonyl (C=O) groups excluding carboxylic acids is 1. The Morgan fingerprint density at radius 3 is 2.74 bits per heavy atom. The fraction of sp³-hybridized carbons (Fsp3) is 0.333. The maximum Gasteiger partial charge on any atom is 0.267 e. The number of rotatable bonds is 4. The third-order valence-electron chi connectivity index (χ3n) is 3.65. The lowest BCUT2D eigenvalue weighted by Gasteiger charge is -2.33. The molecule has 2 heterocycles. The number of fused-ring (bicyclic) bond motifs is 1. The van der Waals surface area contributed by atoms with E-state index in [2.05, 4.69) is 4.98 Å². The molecule has 1 aliphatic rings. The average Bonchev–Trinajstić information content (AvgIpc) is 2.96. The van der Waals surface area contributed by atoms with Crippen LogP contribution in [-0.4, -0.2) is 42.8 Å². The zero-order chi connectivity index (χ0) is 16.6. The largest absolute Gasteiger partial charge is 0.479 e. The minimum Gasteiger partial charge on any atom is -0.479 e. The van der Waals surface area contributed by atoms with E-state index < -0.39 is 15.9 Å². The van der Waals surface area contributed by atoms with Crippen molar-refractivity contribution < 1.29 is 17.9 Å². The summed E-state index contributed by atoms with van der Waals surface area (Å²) in [5.41, 5.74) is 0.691. The van der Waals surface area contributed by atoms with Crippen LogP contribution in [0.1, 0.15) is 6.92 Å². The molecule has 23 heavy (non-hydrogen) atoms. The van der Waals surface area contributed by atoms with Gasteiger partial charge in [-0.25, -0.2) is 13.4 Å². The van der Waals surface area contributed by atoms with Gasteiger partial charge in [-0.05, 0) is 19.1 Å². The molecule has 1 atom stereocenters. The number of anilines is 1. The highest BCUT2D eigenvalue weighted by Gasteiger charge is 2.31. The summed E-state index contributed by atoms with van der Waals surface area (Å²) < 4.78 is 30.5. The lowest BCUT2D eigenvalue weighted by atomic mass is 10.2. The molecule has 0 aliphatic carbocycles. The van der Waals surface area contributed by atoms with Gasteiger partial charge >= 0.3 is 0 Å². The van der Waals surface area contributed by atoms with Crippen molar-refractivity contribution in [3.05, 3.63) is 36.7 Å². The third kappa shape index (κ3) is 2.94. The van der Waals surface area contributed by atoms with E-state index in [1.54, 1.807) is 18.0 Å². The van der Waals surface area contributed by atoms with Crippen LogP contribution >= 0.6 is 0 Å². The van der Waals surface area contributed by atoms with Gasteiger partial charge in [-0.2, -0.15) is 0 Å². The molecule has 0 saturated carbocycles. The van der Waals surface area contributed by atoms with Gasteiger partial charge in [-0.3, -0.25) is 4.79 Å². The Morgan fingerprint density at radius 2 is 2.00 bits per heavy atom. The molecular formula is C15H17N3O4S. The molecule has 0 N–H and O–H groups in total. The maximum atomic E-state index is 12.4. The number of benzene rings is 1. The fourth-order valence-electron chi connectivity index (χ4n) is 2.59. The summed E-state index contributed by atoms with van der Waals surface area (Å²) in [5.74, 6) is 0.498. The number of aromatic nitrogens is 2. The van der Waals surface area contributed by atoms with Crippen molar-refractivity contribution in [2.24, 2.45) is 0 Å². The molecular weight excluding hydrogens is 318 g/mol. The second-order valence-electron chi connectivity index (χ2n) is 5.39. The van der Waals surface area contributed by atoms with Crippen LogP contribution in [0.5, 0.6) is 5.75 Å². The Bertz CT molecular complexity index is 844. The van der Waals surface area contributed by atoms with Crippen LogP contribution in [0.2, 0.25) is 0 Å². The zero-order valence-electron chi connectivity index (χ0n) is 12.8. The van der Waals surface area contributed by atoms with Crippen molar-refractivity contribution in [1.29, 1.82) is 0 Å². The second kappa shape index (κ2) is 5.69. The molecule has 0 radical (unpaired) electrons. The van der Waals surface area contributed by atoms with Crippen LogP contribution < -0.4 is 9.64 Å². The summed E-state index contributed by atoms with van der Waals surface area (Å²) in [6.07, 6.45) is 3.58. The number of hydrogen-bond donors (Lipinski definition) is 0. The van der Waals surface area contributed by atoms with E-state index in [0.29, 0.717) is 24.5 Å². The van der Waals surface area contributed by atoms with Gasteiger partial charge < -0.3 is 14.2 Å². The monoisotopic (exact) mass is 335 g/mol. The van der Waals surface area contributed by atoms with E-state index in [0.717, 1.165) is 6.26 Å². The number of carbonyl (C=O) groups is 1. The van der Waals surface area contributed by atoms with E-state index in [4.69, 9.17) is 4.74 Å². The highest BCUT2D eigenvalue weighted by molar-refractivity contribution is 7.90. The highest BCUT2D eigenvalue weighted by Crippen LogP contribution is 2.33. The molecule has 3 rings (SSSR count).